The second-order valence-corrected chi connectivity index (χ2v) is 7.90. The van der Waals surface area contributed by atoms with Gasteiger partial charge in [-0.05, 0) is 48.9 Å². The Morgan fingerprint density at radius 1 is 1.03 bits per heavy atom. The Morgan fingerprint density at radius 2 is 1.81 bits per heavy atom. The van der Waals surface area contributed by atoms with E-state index in [4.69, 9.17) is 4.74 Å². The number of anilines is 1. The third-order valence-electron chi connectivity index (χ3n) is 5.97. The number of fused-ring (bicyclic) bond motifs is 2. The molecule has 0 atom stereocenters. The first-order valence-electron chi connectivity index (χ1n) is 10.5. The van der Waals surface area contributed by atoms with Gasteiger partial charge in [-0.25, -0.2) is 9.37 Å². The molecule has 1 aromatic heterocycles. The normalized spacial score (nSPS) is 15.9. The number of aromatic nitrogens is 2. The van der Waals surface area contributed by atoms with Crippen molar-refractivity contribution in [3.63, 3.8) is 0 Å². The molecule has 160 valence electrons. The zero-order chi connectivity index (χ0) is 21.4. The summed E-state index contributed by atoms with van der Waals surface area (Å²) in [5, 5.41) is 0.517. The van der Waals surface area contributed by atoms with Crippen molar-refractivity contribution < 1.29 is 13.9 Å². The van der Waals surface area contributed by atoms with Gasteiger partial charge in [0, 0.05) is 44.8 Å². The fourth-order valence-electron chi connectivity index (χ4n) is 4.25. The van der Waals surface area contributed by atoms with E-state index in [1.165, 1.54) is 12.1 Å². The molecule has 3 aromatic rings. The van der Waals surface area contributed by atoms with Gasteiger partial charge in [-0.2, -0.15) is 0 Å². The lowest BCUT2D eigenvalue weighted by Gasteiger charge is -2.36. The maximum Gasteiger partial charge on any atom is 0.261 e. The topological polar surface area (TPSA) is 67.7 Å². The van der Waals surface area contributed by atoms with Gasteiger partial charge in [0.25, 0.3) is 11.5 Å². The summed E-state index contributed by atoms with van der Waals surface area (Å²) < 4.78 is 20.5. The monoisotopic (exact) mass is 422 g/mol. The zero-order valence-electron chi connectivity index (χ0n) is 17.1. The average Bonchev–Trinajstić information content (AvgIpc) is 3.27. The molecule has 0 aliphatic carbocycles. The van der Waals surface area contributed by atoms with E-state index >= 15 is 0 Å². The Labute approximate surface area is 178 Å². The van der Waals surface area contributed by atoms with E-state index in [0.29, 0.717) is 49.4 Å². The molecular formula is C23H23FN4O3. The van der Waals surface area contributed by atoms with Crippen LogP contribution in [0, 0.1) is 5.82 Å². The predicted octanol–water partition coefficient (Wildman–Crippen LogP) is 2.21. The summed E-state index contributed by atoms with van der Waals surface area (Å²) in [6.45, 7) is 3.14. The first kappa shape index (κ1) is 19.5. The predicted molar refractivity (Wildman–Crippen MR) is 115 cm³/mol. The van der Waals surface area contributed by atoms with Crippen LogP contribution in [0.1, 0.15) is 12.2 Å². The van der Waals surface area contributed by atoms with Crippen LogP contribution in [0.25, 0.3) is 10.9 Å². The first-order chi connectivity index (χ1) is 15.1. The minimum atomic E-state index is -0.258. The van der Waals surface area contributed by atoms with Gasteiger partial charge in [0.15, 0.2) is 6.61 Å². The van der Waals surface area contributed by atoms with Crippen molar-refractivity contribution in [3.8, 4) is 5.75 Å². The van der Waals surface area contributed by atoms with Gasteiger partial charge in [0.2, 0.25) is 0 Å². The number of rotatable bonds is 4. The lowest BCUT2D eigenvalue weighted by atomic mass is 10.2. The van der Waals surface area contributed by atoms with Gasteiger partial charge in [0.05, 0.1) is 10.9 Å². The van der Waals surface area contributed by atoms with Crippen LogP contribution in [-0.2, 0) is 17.8 Å². The van der Waals surface area contributed by atoms with E-state index < -0.39 is 0 Å². The number of amides is 1. The number of halogens is 1. The summed E-state index contributed by atoms with van der Waals surface area (Å²) >= 11 is 0. The molecule has 1 fully saturated rings. The number of nitrogens with zero attached hydrogens (tertiary/aromatic N) is 4. The van der Waals surface area contributed by atoms with Crippen LogP contribution in [-0.4, -0.2) is 53.1 Å². The number of hydrogen-bond acceptors (Lipinski definition) is 5. The highest BCUT2D eigenvalue weighted by Gasteiger charge is 2.22. The Hall–Kier alpha value is -3.42. The Kier molecular flexibility index (Phi) is 5.05. The highest BCUT2D eigenvalue weighted by Crippen LogP contribution is 2.20. The van der Waals surface area contributed by atoms with Crippen LogP contribution < -0.4 is 15.2 Å². The van der Waals surface area contributed by atoms with Gasteiger partial charge < -0.3 is 14.5 Å². The Morgan fingerprint density at radius 3 is 2.58 bits per heavy atom. The van der Waals surface area contributed by atoms with Crippen LogP contribution in [0.3, 0.4) is 0 Å². The molecule has 0 spiro atoms. The van der Waals surface area contributed by atoms with Crippen LogP contribution in [0.5, 0.6) is 5.75 Å². The molecule has 8 heteroatoms. The molecule has 0 unspecified atom stereocenters. The molecule has 1 saturated heterocycles. The molecule has 3 heterocycles. The van der Waals surface area contributed by atoms with Crippen LogP contribution in [0.4, 0.5) is 10.1 Å². The van der Waals surface area contributed by atoms with Crippen LogP contribution >= 0.6 is 0 Å². The van der Waals surface area contributed by atoms with E-state index in [2.05, 4.69) is 9.88 Å². The minimum absolute atomic E-state index is 0.0498. The van der Waals surface area contributed by atoms with Gasteiger partial charge in [-0.3, -0.25) is 14.2 Å². The SMILES string of the molecule is O=C(COc1ccc2nc3n(c(=O)c2c1)CCC3)N1CCN(c2ccc(F)cc2)CC1. The number of aryl methyl sites for hydroxylation is 1. The van der Waals surface area contributed by atoms with E-state index in [1.54, 1.807) is 39.8 Å². The maximum atomic E-state index is 13.1. The summed E-state index contributed by atoms with van der Waals surface area (Å²) in [4.78, 5) is 33.8. The maximum absolute atomic E-state index is 13.1. The van der Waals surface area contributed by atoms with Crippen molar-refractivity contribution in [1.82, 2.24) is 14.5 Å². The van der Waals surface area contributed by atoms with Gasteiger partial charge in [0.1, 0.15) is 17.4 Å². The summed E-state index contributed by atoms with van der Waals surface area (Å²) in [6, 6.07) is 11.6. The summed E-state index contributed by atoms with van der Waals surface area (Å²) in [6.07, 6.45) is 1.76. The summed E-state index contributed by atoms with van der Waals surface area (Å²) in [7, 11) is 0. The summed E-state index contributed by atoms with van der Waals surface area (Å²) in [5.74, 6) is 0.971. The molecule has 0 N–H and O–H groups in total. The second kappa shape index (κ2) is 8.02. The minimum Gasteiger partial charge on any atom is -0.484 e. The van der Waals surface area contributed by atoms with Crippen molar-refractivity contribution in [2.45, 2.75) is 19.4 Å². The average molecular weight is 422 g/mol. The van der Waals surface area contributed by atoms with E-state index in [9.17, 15) is 14.0 Å². The number of carbonyl (C=O) groups is 1. The fraction of sp³-hybridized carbons (Fsp3) is 0.348. The van der Waals surface area contributed by atoms with Crippen LogP contribution in [0.2, 0.25) is 0 Å². The molecule has 5 rings (SSSR count). The third kappa shape index (κ3) is 3.85. The highest BCUT2D eigenvalue weighted by atomic mass is 19.1. The lowest BCUT2D eigenvalue weighted by molar-refractivity contribution is -0.133. The van der Waals surface area contributed by atoms with Crippen LogP contribution in [0.15, 0.2) is 47.3 Å². The highest BCUT2D eigenvalue weighted by molar-refractivity contribution is 5.80. The van der Waals surface area contributed by atoms with Gasteiger partial charge in [-0.1, -0.05) is 0 Å². The molecule has 7 nitrogen and oxygen atoms in total. The number of hydrogen-bond donors (Lipinski definition) is 0. The van der Waals surface area contributed by atoms with E-state index in [1.807, 2.05) is 0 Å². The van der Waals surface area contributed by atoms with Crippen molar-refractivity contribution in [2.75, 3.05) is 37.7 Å². The Balaban J connectivity index is 1.20. The van der Waals surface area contributed by atoms with Gasteiger partial charge in [-0.15, -0.1) is 0 Å². The Bertz CT molecular complexity index is 1180. The quantitative estimate of drug-likeness (QED) is 0.645. The lowest BCUT2D eigenvalue weighted by Crippen LogP contribution is -2.50. The summed E-state index contributed by atoms with van der Waals surface area (Å²) in [5.41, 5.74) is 1.56. The molecule has 1 amide bonds. The number of piperazine rings is 1. The molecular weight excluding hydrogens is 399 g/mol. The number of carbonyl (C=O) groups excluding carboxylic acids is 1. The second-order valence-electron chi connectivity index (χ2n) is 7.90. The van der Waals surface area contributed by atoms with Crippen molar-refractivity contribution in [1.29, 1.82) is 0 Å². The molecule has 0 bridgehead atoms. The van der Waals surface area contributed by atoms with Crippen molar-refractivity contribution in [2.24, 2.45) is 0 Å². The molecule has 0 saturated carbocycles. The molecule has 2 aliphatic heterocycles. The molecule has 2 aliphatic rings. The fourth-order valence-corrected chi connectivity index (χ4v) is 4.25. The first-order valence-corrected chi connectivity index (χ1v) is 10.5. The van der Waals surface area contributed by atoms with Crippen molar-refractivity contribution >= 4 is 22.5 Å². The molecule has 0 radical (unpaired) electrons. The van der Waals surface area contributed by atoms with Crippen molar-refractivity contribution in [3.05, 3.63) is 64.5 Å². The van der Waals surface area contributed by atoms with E-state index in [0.717, 1.165) is 24.4 Å². The third-order valence-corrected chi connectivity index (χ3v) is 5.97. The number of ether oxygens (including phenoxy) is 1. The smallest absolute Gasteiger partial charge is 0.261 e. The van der Waals surface area contributed by atoms with E-state index in [-0.39, 0.29) is 23.9 Å². The standard InChI is InChI=1S/C23H23FN4O3/c24-16-3-5-17(6-4-16)26-10-12-27(13-11-26)22(29)15-31-18-7-8-20-19(14-18)23(30)28-9-1-2-21(28)25-20/h3-8,14H,1-2,9-13,15H2. The largest absolute Gasteiger partial charge is 0.484 e. The van der Waals surface area contributed by atoms with Gasteiger partial charge >= 0.3 is 0 Å². The zero-order valence-corrected chi connectivity index (χ0v) is 17.1. The molecule has 31 heavy (non-hydrogen) atoms. The molecule has 2 aromatic carbocycles. The number of benzene rings is 2.